The Kier molecular flexibility index (Phi) is 4.55. The number of aliphatic carboxylic acids is 1. The number of carbonyl (C=O) groups is 1. The minimum Gasteiger partial charge on any atom is -0.481 e. The van der Waals surface area contributed by atoms with Crippen LogP contribution in [0.3, 0.4) is 0 Å². The van der Waals surface area contributed by atoms with E-state index >= 15 is 0 Å². The van der Waals surface area contributed by atoms with E-state index in [1.165, 1.54) is 0 Å². The number of ether oxygens (including phenoxy) is 1. The molecule has 0 aromatic carbocycles. The van der Waals surface area contributed by atoms with Gasteiger partial charge in [-0.15, -0.1) is 13.2 Å². The second kappa shape index (κ2) is 5.49. The number of likely N-dealkylation sites (tertiary alicyclic amines) is 1. The first-order valence-corrected chi connectivity index (χ1v) is 5.05. The molecule has 1 aliphatic heterocycles. The van der Waals surface area contributed by atoms with Crippen LogP contribution in [0.15, 0.2) is 0 Å². The first-order valence-electron chi connectivity index (χ1n) is 5.05. The molecule has 0 bridgehead atoms. The van der Waals surface area contributed by atoms with E-state index in [4.69, 9.17) is 5.11 Å². The zero-order valence-corrected chi connectivity index (χ0v) is 8.66. The SMILES string of the molecule is O=C(O)CC1CCCN1CCOC(F)(F)F. The minimum atomic E-state index is -4.61. The predicted octanol–water partition coefficient (Wildman–Crippen LogP) is 1.46. The summed E-state index contributed by atoms with van der Waals surface area (Å²) in [4.78, 5) is 12.2. The van der Waals surface area contributed by atoms with Gasteiger partial charge in [0.1, 0.15) is 0 Å². The van der Waals surface area contributed by atoms with Gasteiger partial charge in [-0.2, -0.15) is 0 Å². The second-order valence-corrected chi connectivity index (χ2v) is 3.72. The Labute approximate surface area is 91.0 Å². The normalized spacial score (nSPS) is 22.6. The summed E-state index contributed by atoms with van der Waals surface area (Å²) < 4.78 is 38.8. The fourth-order valence-electron chi connectivity index (χ4n) is 1.90. The highest BCUT2D eigenvalue weighted by Crippen LogP contribution is 2.21. The van der Waals surface area contributed by atoms with Crippen molar-refractivity contribution in [3.8, 4) is 0 Å². The van der Waals surface area contributed by atoms with Gasteiger partial charge in [0, 0.05) is 12.6 Å². The molecule has 0 aliphatic carbocycles. The number of halogens is 3. The van der Waals surface area contributed by atoms with Gasteiger partial charge >= 0.3 is 12.3 Å². The molecule has 0 aromatic rings. The van der Waals surface area contributed by atoms with Crippen molar-refractivity contribution in [3.05, 3.63) is 0 Å². The van der Waals surface area contributed by atoms with Crippen LogP contribution in [0.25, 0.3) is 0 Å². The van der Waals surface area contributed by atoms with E-state index < -0.39 is 18.9 Å². The molecule has 1 N–H and O–H groups in total. The Hall–Kier alpha value is -0.820. The molecule has 0 saturated carbocycles. The van der Waals surface area contributed by atoms with E-state index in [0.29, 0.717) is 6.54 Å². The summed E-state index contributed by atoms with van der Waals surface area (Å²) in [7, 11) is 0. The van der Waals surface area contributed by atoms with Crippen molar-refractivity contribution in [2.75, 3.05) is 19.7 Å². The second-order valence-electron chi connectivity index (χ2n) is 3.72. The van der Waals surface area contributed by atoms with Gasteiger partial charge in [-0.3, -0.25) is 14.4 Å². The number of hydrogen-bond donors (Lipinski definition) is 1. The van der Waals surface area contributed by atoms with Crippen molar-refractivity contribution in [2.45, 2.75) is 31.7 Å². The van der Waals surface area contributed by atoms with Crippen LogP contribution in [0.1, 0.15) is 19.3 Å². The maximum Gasteiger partial charge on any atom is 0.522 e. The highest BCUT2D eigenvalue weighted by atomic mass is 19.4. The van der Waals surface area contributed by atoms with Crippen molar-refractivity contribution in [3.63, 3.8) is 0 Å². The third-order valence-electron chi connectivity index (χ3n) is 2.55. The highest BCUT2D eigenvalue weighted by molar-refractivity contribution is 5.67. The molecule has 1 atom stereocenters. The molecule has 1 rings (SSSR count). The summed E-state index contributed by atoms with van der Waals surface area (Å²) in [5, 5.41) is 8.61. The van der Waals surface area contributed by atoms with Gasteiger partial charge in [0.05, 0.1) is 13.0 Å². The molecule has 1 heterocycles. The summed E-state index contributed by atoms with van der Waals surface area (Å²) >= 11 is 0. The Morgan fingerprint density at radius 2 is 2.19 bits per heavy atom. The third-order valence-corrected chi connectivity index (χ3v) is 2.55. The topological polar surface area (TPSA) is 49.8 Å². The van der Waals surface area contributed by atoms with Gasteiger partial charge < -0.3 is 5.11 Å². The lowest BCUT2D eigenvalue weighted by atomic mass is 10.1. The molecule has 1 fully saturated rings. The first kappa shape index (κ1) is 13.2. The number of carboxylic acids is 1. The molecule has 0 aromatic heterocycles. The maximum atomic E-state index is 11.7. The van der Waals surface area contributed by atoms with Gasteiger partial charge in [0.15, 0.2) is 0 Å². The average Bonchev–Trinajstić information content (AvgIpc) is 2.49. The molecule has 1 saturated heterocycles. The van der Waals surface area contributed by atoms with Gasteiger partial charge in [-0.1, -0.05) is 0 Å². The van der Waals surface area contributed by atoms with Crippen LogP contribution in [0.4, 0.5) is 13.2 Å². The molecule has 1 unspecified atom stereocenters. The van der Waals surface area contributed by atoms with Crippen LogP contribution in [0, 0.1) is 0 Å². The predicted molar refractivity (Wildman–Crippen MR) is 48.9 cm³/mol. The van der Waals surface area contributed by atoms with Crippen LogP contribution >= 0.6 is 0 Å². The molecule has 94 valence electrons. The Balaban J connectivity index is 2.27. The van der Waals surface area contributed by atoms with E-state index in [9.17, 15) is 18.0 Å². The van der Waals surface area contributed by atoms with Crippen LogP contribution in [-0.2, 0) is 9.53 Å². The number of alkyl halides is 3. The zero-order valence-electron chi connectivity index (χ0n) is 8.66. The maximum absolute atomic E-state index is 11.7. The lowest BCUT2D eigenvalue weighted by Crippen LogP contribution is -2.35. The summed E-state index contributed by atoms with van der Waals surface area (Å²) in [5.41, 5.74) is 0. The molecule has 7 heteroatoms. The quantitative estimate of drug-likeness (QED) is 0.791. The van der Waals surface area contributed by atoms with Gasteiger partial charge in [0.2, 0.25) is 0 Å². The summed E-state index contributed by atoms with van der Waals surface area (Å²) in [6, 6.07) is -0.158. The molecule has 1 aliphatic rings. The van der Waals surface area contributed by atoms with Crippen molar-refractivity contribution in [2.24, 2.45) is 0 Å². The van der Waals surface area contributed by atoms with E-state index in [2.05, 4.69) is 4.74 Å². The molecular weight excluding hydrogens is 227 g/mol. The molecule has 16 heavy (non-hydrogen) atoms. The van der Waals surface area contributed by atoms with Crippen molar-refractivity contribution in [1.82, 2.24) is 4.90 Å². The van der Waals surface area contributed by atoms with Crippen molar-refractivity contribution < 1.29 is 27.8 Å². The lowest BCUT2D eigenvalue weighted by molar-refractivity contribution is -0.325. The van der Waals surface area contributed by atoms with Crippen LogP contribution in [0.2, 0.25) is 0 Å². The molecular formula is C9H14F3NO3. The first-order chi connectivity index (χ1) is 7.38. The van der Waals surface area contributed by atoms with Crippen LogP contribution in [-0.4, -0.2) is 48.1 Å². The third kappa shape index (κ3) is 4.80. The molecule has 4 nitrogen and oxygen atoms in total. The van der Waals surface area contributed by atoms with Gasteiger partial charge in [-0.25, -0.2) is 0 Å². The fourth-order valence-corrected chi connectivity index (χ4v) is 1.90. The van der Waals surface area contributed by atoms with E-state index in [1.54, 1.807) is 4.90 Å². The van der Waals surface area contributed by atoms with Crippen molar-refractivity contribution >= 4 is 5.97 Å². The van der Waals surface area contributed by atoms with E-state index in [0.717, 1.165) is 12.8 Å². The fraction of sp³-hybridized carbons (Fsp3) is 0.889. The molecule has 0 radical (unpaired) electrons. The minimum absolute atomic E-state index is 0.0218. The number of rotatable bonds is 5. The standard InChI is InChI=1S/C9H14F3NO3/c10-9(11,12)16-5-4-13-3-1-2-7(13)6-8(14)15/h7H,1-6H2,(H,14,15). The Bertz CT molecular complexity index is 245. The number of carboxylic acid groups (broad SMARTS) is 1. The summed E-state index contributed by atoms with van der Waals surface area (Å²) in [6.45, 7) is 0.316. The van der Waals surface area contributed by atoms with Gasteiger partial charge in [-0.05, 0) is 19.4 Å². The number of nitrogens with zero attached hydrogens (tertiary/aromatic N) is 1. The number of hydrogen-bond acceptors (Lipinski definition) is 3. The zero-order chi connectivity index (χ0) is 12.2. The Morgan fingerprint density at radius 3 is 2.75 bits per heavy atom. The van der Waals surface area contributed by atoms with Gasteiger partial charge in [0.25, 0.3) is 0 Å². The lowest BCUT2D eigenvalue weighted by Gasteiger charge is -2.23. The highest BCUT2D eigenvalue weighted by Gasteiger charge is 2.31. The largest absolute Gasteiger partial charge is 0.522 e. The van der Waals surface area contributed by atoms with Crippen LogP contribution in [0.5, 0.6) is 0 Å². The average molecular weight is 241 g/mol. The monoisotopic (exact) mass is 241 g/mol. The molecule has 0 amide bonds. The summed E-state index contributed by atoms with van der Waals surface area (Å²) in [6.07, 6.45) is -3.09. The van der Waals surface area contributed by atoms with E-state index in [1.807, 2.05) is 0 Å². The smallest absolute Gasteiger partial charge is 0.481 e. The van der Waals surface area contributed by atoms with E-state index in [-0.39, 0.29) is 19.0 Å². The van der Waals surface area contributed by atoms with Crippen LogP contribution < -0.4 is 0 Å². The Morgan fingerprint density at radius 1 is 1.50 bits per heavy atom. The summed E-state index contributed by atoms with van der Waals surface area (Å²) in [5.74, 6) is -0.923. The molecule has 0 spiro atoms. The van der Waals surface area contributed by atoms with Crippen molar-refractivity contribution in [1.29, 1.82) is 0 Å².